The maximum atomic E-state index is 13.5. The van der Waals surface area contributed by atoms with Gasteiger partial charge in [0, 0.05) is 11.3 Å². The van der Waals surface area contributed by atoms with Crippen LogP contribution in [0.25, 0.3) is 0 Å². The number of benzene rings is 2. The monoisotopic (exact) mass is 353 g/mol. The number of hydrogen-bond donors (Lipinski definition) is 0. The number of halogens is 1. The molecule has 2 heterocycles. The quantitative estimate of drug-likeness (QED) is 0.650. The fourth-order valence-electron chi connectivity index (χ4n) is 3.00. The van der Waals surface area contributed by atoms with Crippen LogP contribution in [0.2, 0.25) is 0 Å². The molecule has 1 amide bonds. The molecule has 5 heteroatoms. The molecule has 0 radical (unpaired) electrons. The molecule has 0 aliphatic carbocycles. The van der Waals surface area contributed by atoms with Gasteiger partial charge in [0.15, 0.2) is 0 Å². The number of rotatable bonds is 3. The zero-order chi connectivity index (χ0) is 17.2. The predicted octanol–water partition coefficient (Wildman–Crippen LogP) is 5.19. The molecule has 0 fully saturated rings. The zero-order valence-corrected chi connectivity index (χ0v) is 14.2. The summed E-state index contributed by atoms with van der Waals surface area (Å²) in [6, 6.07) is 17.9. The Morgan fingerprint density at radius 2 is 2.00 bits per heavy atom. The number of anilines is 1. The van der Waals surface area contributed by atoms with Crippen LogP contribution in [0, 0.1) is 5.82 Å². The van der Waals surface area contributed by atoms with Crippen LogP contribution in [0.3, 0.4) is 0 Å². The van der Waals surface area contributed by atoms with E-state index in [4.69, 9.17) is 4.42 Å². The van der Waals surface area contributed by atoms with Gasteiger partial charge < -0.3 is 9.32 Å². The highest BCUT2D eigenvalue weighted by Crippen LogP contribution is 2.45. The molecule has 0 saturated carbocycles. The first-order valence-corrected chi connectivity index (χ1v) is 8.92. The molecule has 0 N–H and O–H groups in total. The molecule has 3 nitrogen and oxygen atoms in total. The minimum Gasteiger partial charge on any atom is -0.468 e. The van der Waals surface area contributed by atoms with Gasteiger partial charge in [-0.05, 0) is 42.0 Å². The molecule has 1 atom stereocenters. The Balaban J connectivity index is 1.71. The van der Waals surface area contributed by atoms with Crippen LogP contribution < -0.4 is 4.90 Å². The van der Waals surface area contributed by atoms with Crippen molar-refractivity contribution in [1.82, 2.24) is 0 Å². The van der Waals surface area contributed by atoms with Gasteiger partial charge in [0.2, 0.25) is 5.91 Å². The van der Waals surface area contributed by atoms with E-state index >= 15 is 0 Å². The summed E-state index contributed by atoms with van der Waals surface area (Å²) in [5.74, 6) is 0.500. The average molecular weight is 353 g/mol. The lowest BCUT2D eigenvalue weighted by molar-refractivity contribution is -0.118. The Hall–Kier alpha value is -2.53. The number of fused-ring (bicyclic) bond motifs is 1. The first kappa shape index (κ1) is 16.0. The van der Waals surface area contributed by atoms with Crippen LogP contribution in [0.15, 0.2) is 76.2 Å². The second kappa shape index (κ2) is 6.76. The molecule has 126 valence electrons. The molecular weight excluding hydrogens is 337 g/mol. The van der Waals surface area contributed by atoms with Crippen molar-refractivity contribution in [2.24, 2.45) is 0 Å². The predicted molar refractivity (Wildman–Crippen MR) is 96.0 cm³/mol. The molecule has 2 aromatic carbocycles. The molecule has 1 aliphatic heterocycles. The molecule has 0 spiro atoms. The number of carbonyl (C=O) groups is 1. The van der Waals surface area contributed by atoms with Gasteiger partial charge in [0.25, 0.3) is 0 Å². The topological polar surface area (TPSA) is 33.5 Å². The van der Waals surface area contributed by atoms with Gasteiger partial charge in [-0.3, -0.25) is 4.79 Å². The number of furan rings is 1. The molecule has 1 aromatic heterocycles. The zero-order valence-electron chi connectivity index (χ0n) is 13.4. The SMILES string of the molecule is O=C1C[C@@H](c2ccco2)Sc2ccccc2N1Cc1cccc(F)c1. The molecule has 0 unspecified atom stereocenters. The first-order valence-electron chi connectivity index (χ1n) is 8.04. The Kier molecular flexibility index (Phi) is 4.32. The summed E-state index contributed by atoms with van der Waals surface area (Å²) in [7, 11) is 0. The highest BCUT2D eigenvalue weighted by atomic mass is 32.2. The first-order chi connectivity index (χ1) is 12.2. The van der Waals surface area contributed by atoms with E-state index in [-0.39, 0.29) is 17.0 Å². The van der Waals surface area contributed by atoms with Crippen molar-refractivity contribution in [3.05, 3.63) is 84.1 Å². The summed E-state index contributed by atoms with van der Waals surface area (Å²) in [5, 5.41) is -0.0684. The second-order valence-electron chi connectivity index (χ2n) is 5.90. The van der Waals surface area contributed by atoms with Crippen LogP contribution in [0.4, 0.5) is 10.1 Å². The van der Waals surface area contributed by atoms with Gasteiger partial charge in [-0.1, -0.05) is 24.3 Å². The van der Waals surface area contributed by atoms with Crippen molar-refractivity contribution in [3.63, 3.8) is 0 Å². The lowest BCUT2D eigenvalue weighted by atomic mass is 10.1. The maximum Gasteiger partial charge on any atom is 0.228 e. The van der Waals surface area contributed by atoms with Crippen LogP contribution in [-0.4, -0.2) is 5.91 Å². The maximum absolute atomic E-state index is 13.5. The normalized spacial score (nSPS) is 17.2. The van der Waals surface area contributed by atoms with Gasteiger partial charge in [0.05, 0.1) is 23.7 Å². The third-order valence-corrected chi connectivity index (χ3v) is 5.46. The van der Waals surface area contributed by atoms with Crippen molar-refractivity contribution in [1.29, 1.82) is 0 Å². The number of carbonyl (C=O) groups excluding carboxylic acids is 1. The summed E-state index contributed by atoms with van der Waals surface area (Å²) in [4.78, 5) is 15.7. The Labute approximate surface area is 149 Å². The van der Waals surface area contributed by atoms with E-state index in [0.29, 0.717) is 13.0 Å². The Morgan fingerprint density at radius 3 is 2.80 bits per heavy atom. The number of thioether (sulfide) groups is 1. The van der Waals surface area contributed by atoms with E-state index < -0.39 is 0 Å². The van der Waals surface area contributed by atoms with Crippen LogP contribution in [0.5, 0.6) is 0 Å². The number of hydrogen-bond acceptors (Lipinski definition) is 3. The Bertz CT molecular complexity index is 894. The van der Waals surface area contributed by atoms with Gasteiger partial charge in [-0.25, -0.2) is 4.39 Å². The summed E-state index contributed by atoms with van der Waals surface area (Å²) < 4.78 is 19.0. The third-order valence-electron chi connectivity index (χ3n) is 4.18. The number of nitrogens with zero attached hydrogens (tertiary/aromatic N) is 1. The summed E-state index contributed by atoms with van der Waals surface area (Å²) in [5.41, 5.74) is 1.63. The average Bonchev–Trinajstić information content (AvgIpc) is 3.10. The van der Waals surface area contributed by atoms with Crippen molar-refractivity contribution < 1.29 is 13.6 Å². The van der Waals surface area contributed by atoms with E-state index in [1.54, 1.807) is 29.0 Å². The summed E-state index contributed by atoms with van der Waals surface area (Å²) in [6.45, 7) is 0.346. The molecular formula is C20H16FNO2S. The summed E-state index contributed by atoms with van der Waals surface area (Å²) in [6.07, 6.45) is 1.96. The van der Waals surface area contributed by atoms with E-state index in [9.17, 15) is 9.18 Å². The van der Waals surface area contributed by atoms with Crippen molar-refractivity contribution in [3.8, 4) is 0 Å². The molecule has 25 heavy (non-hydrogen) atoms. The largest absolute Gasteiger partial charge is 0.468 e. The smallest absolute Gasteiger partial charge is 0.228 e. The van der Waals surface area contributed by atoms with Crippen molar-refractivity contribution in [2.45, 2.75) is 23.1 Å². The third kappa shape index (κ3) is 3.33. The molecule has 0 bridgehead atoms. The molecule has 4 rings (SSSR count). The fourth-order valence-corrected chi connectivity index (χ4v) is 4.24. The molecule has 1 aliphatic rings. The minimum atomic E-state index is -0.295. The standard InChI is InChI=1S/C20H16FNO2S/c21-15-6-3-5-14(11-15)13-22-16-7-1-2-9-18(16)25-19(12-20(22)23)17-8-4-10-24-17/h1-11,19H,12-13H2/t19-/m0/s1. The minimum absolute atomic E-state index is 0.00288. The Morgan fingerprint density at radius 1 is 1.12 bits per heavy atom. The van der Waals surface area contributed by atoms with Gasteiger partial charge in [-0.15, -0.1) is 11.8 Å². The lowest BCUT2D eigenvalue weighted by Gasteiger charge is -2.22. The van der Waals surface area contributed by atoms with Crippen molar-refractivity contribution in [2.75, 3.05) is 4.90 Å². The lowest BCUT2D eigenvalue weighted by Crippen LogP contribution is -2.30. The van der Waals surface area contributed by atoms with E-state index in [2.05, 4.69) is 0 Å². The van der Waals surface area contributed by atoms with Crippen LogP contribution in [0.1, 0.15) is 23.0 Å². The van der Waals surface area contributed by atoms with Gasteiger partial charge >= 0.3 is 0 Å². The van der Waals surface area contributed by atoms with E-state index in [0.717, 1.165) is 21.9 Å². The summed E-state index contributed by atoms with van der Waals surface area (Å²) >= 11 is 1.63. The number of amides is 1. The van der Waals surface area contributed by atoms with Gasteiger partial charge in [0.1, 0.15) is 11.6 Å². The highest BCUT2D eigenvalue weighted by molar-refractivity contribution is 7.99. The number of para-hydroxylation sites is 1. The van der Waals surface area contributed by atoms with Crippen molar-refractivity contribution >= 4 is 23.4 Å². The van der Waals surface area contributed by atoms with Gasteiger partial charge in [-0.2, -0.15) is 0 Å². The van der Waals surface area contributed by atoms with E-state index in [1.807, 2.05) is 42.5 Å². The highest BCUT2D eigenvalue weighted by Gasteiger charge is 2.30. The van der Waals surface area contributed by atoms with Crippen LogP contribution >= 0.6 is 11.8 Å². The second-order valence-corrected chi connectivity index (χ2v) is 7.15. The fraction of sp³-hybridized carbons (Fsp3) is 0.150. The van der Waals surface area contributed by atoms with Crippen LogP contribution in [-0.2, 0) is 11.3 Å². The molecule has 0 saturated heterocycles. The molecule has 3 aromatic rings. The van der Waals surface area contributed by atoms with E-state index in [1.165, 1.54) is 12.1 Å².